The molecule has 0 aliphatic rings. The molecule has 2 rings (SSSR count). The van der Waals surface area contributed by atoms with Crippen molar-refractivity contribution in [1.82, 2.24) is 5.32 Å². The Balaban J connectivity index is 2.24. The molecule has 0 saturated carbocycles. The minimum absolute atomic E-state index is 0.148. The number of amides is 1. The van der Waals surface area contributed by atoms with Gasteiger partial charge in [-0.05, 0) is 48.7 Å². The van der Waals surface area contributed by atoms with Gasteiger partial charge < -0.3 is 5.32 Å². The van der Waals surface area contributed by atoms with Gasteiger partial charge in [0.2, 0.25) is 5.91 Å². The molecule has 0 bridgehead atoms. The van der Waals surface area contributed by atoms with Crippen molar-refractivity contribution in [2.75, 3.05) is 0 Å². The molecule has 2 aromatic carbocycles. The Kier molecular flexibility index (Phi) is 6.99. The van der Waals surface area contributed by atoms with Gasteiger partial charge in [0.25, 0.3) is 0 Å². The normalized spacial score (nSPS) is 13.9. The number of hydrogen-bond acceptors (Lipinski definition) is 1. The number of halogens is 6. The molecule has 0 fully saturated rings. The quantitative estimate of drug-likeness (QED) is 0.513. The Labute approximate surface area is 170 Å². The second-order valence-corrected chi connectivity index (χ2v) is 7.52. The van der Waals surface area contributed by atoms with Crippen molar-refractivity contribution in [3.63, 3.8) is 0 Å². The molecule has 2 aromatic rings. The van der Waals surface area contributed by atoms with Crippen LogP contribution < -0.4 is 5.32 Å². The molecule has 0 aliphatic carbocycles. The molecule has 0 saturated heterocycles. The number of carbonyl (C=O) groups excluding carboxylic acids is 1. The van der Waals surface area contributed by atoms with Gasteiger partial charge in [-0.2, -0.15) is 13.2 Å². The van der Waals surface area contributed by atoms with Crippen LogP contribution in [0, 0.1) is 5.82 Å². The maximum Gasteiger partial charge on any atom is 0.419 e. The Hall–Kier alpha value is -1.79. The van der Waals surface area contributed by atoms with E-state index in [1.54, 1.807) is 25.1 Å². The molecule has 0 radical (unpaired) electrons. The summed E-state index contributed by atoms with van der Waals surface area (Å²) in [6.45, 7) is 3.48. The summed E-state index contributed by atoms with van der Waals surface area (Å²) >= 11 is 12.0. The highest BCUT2D eigenvalue weighted by Crippen LogP contribution is 2.34. The van der Waals surface area contributed by atoms with E-state index in [-0.39, 0.29) is 18.0 Å². The van der Waals surface area contributed by atoms with Gasteiger partial charge in [-0.15, -0.1) is 0 Å². The highest BCUT2D eigenvalue weighted by molar-refractivity contribution is 6.42. The third kappa shape index (κ3) is 4.97. The molecule has 1 unspecified atom stereocenters. The predicted molar refractivity (Wildman–Crippen MR) is 102 cm³/mol. The van der Waals surface area contributed by atoms with Crippen LogP contribution in [0.2, 0.25) is 10.0 Å². The van der Waals surface area contributed by atoms with Crippen LogP contribution in [0.15, 0.2) is 36.4 Å². The first-order valence-electron chi connectivity index (χ1n) is 8.58. The van der Waals surface area contributed by atoms with Crippen molar-refractivity contribution in [2.24, 2.45) is 0 Å². The van der Waals surface area contributed by atoms with E-state index in [4.69, 9.17) is 23.2 Å². The summed E-state index contributed by atoms with van der Waals surface area (Å²) in [5.41, 5.74) is -1.51. The smallest absolute Gasteiger partial charge is 0.351 e. The van der Waals surface area contributed by atoms with Gasteiger partial charge in [0.05, 0.1) is 21.0 Å². The topological polar surface area (TPSA) is 29.1 Å². The molecule has 0 spiro atoms. The molecule has 0 heterocycles. The van der Waals surface area contributed by atoms with Crippen molar-refractivity contribution in [3.8, 4) is 0 Å². The Morgan fingerprint density at radius 2 is 1.75 bits per heavy atom. The first kappa shape index (κ1) is 22.5. The van der Waals surface area contributed by atoms with Crippen LogP contribution in [0.3, 0.4) is 0 Å². The van der Waals surface area contributed by atoms with E-state index in [2.05, 4.69) is 5.32 Å². The average Bonchev–Trinajstić information content (AvgIpc) is 2.62. The van der Waals surface area contributed by atoms with Gasteiger partial charge in [-0.3, -0.25) is 4.79 Å². The van der Waals surface area contributed by atoms with E-state index in [9.17, 15) is 22.4 Å². The molecule has 1 N–H and O–H groups in total. The summed E-state index contributed by atoms with van der Waals surface area (Å²) < 4.78 is 52.0. The predicted octanol–water partition coefficient (Wildman–Crippen LogP) is 6.53. The lowest BCUT2D eigenvalue weighted by Gasteiger charge is -2.29. The molecule has 1 amide bonds. The van der Waals surface area contributed by atoms with Crippen molar-refractivity contribution < 1.29 is 22.4 Å². The first-order valence-corrected chi connectivity index (χ1v) is 9.34. The SMILES string of the molecule is CCCC(C)(C(=O)NCc1ccc(F)c(C(F)(F)F)c1)c1ccc(Cl)c(Cl)c1. The molecule has 152 valence electrons. The Morgan fingerprint density at radius 1 is 1.07 bits per heavy atom. The minimum Gasteiger partial charge on any atom is -0.351 e. The fraction of sp³-hybridized carbons (Fsp3) is 0.350. The van der Waals surface area contributed by atoms with Crippen molar-refractivity contribution in [3.05, 3.63) is 69.0 Å². The minimum atomic E-state index is -4.80. The summed E-state index contributed by atoms with van der Waals surface area (Å²) in [5.74, 6) is -1.72. The van der Waals surface area contributed by atoms with E-state index < -0.39 is 23.0 Å². The number of hydrogen-bond donors (Lipinski definition) is 1. The lowest BCUT2D eigenvalue weighted by molar-refractivity contribution is -0.140. The third-order valence-electron chi connectivity index (χ3n) is 4.60. The molecule has 2 nitrogen and oxygen atoms in total. The summed E-state index contributed by atoms with van der Waals surface area (Å²) in [7, 11) is 0. The lowest BCUT2D eigenvalue weighted by atomic mass is 9.77. The number of carbonyl (C=O) groups is 1. The van der Waals surface area contributed by atoms with Crippen LogP contribution in [0.5, 0.6) is 0 Å². The molecule has 1 atom stereocenters. The number of nitrogens with one attached hydrogen (secondary N) is 1. The zero-order valence-corrected chi connectivity index (χ0v) is 16.8. The molecule has 0 aliphatic heterocycles. The number of alkyl halides is 3. The van der Waals surface area contributed by atoms with Crippen LogP contribution in [0.4, 0.5) is 17.6 Å². The zero-order chi connectivity index (χ0) is 21.1. The van der Waals surface area contributed by atoms with Crippen LogP contribution in [-0.4, -0.2) is 5.91 Å². The summed E-state index contributed by atoms with van der Waals surface area (Å²) in [5, 5.41) is 3.32. The Bertz CT molecular complexity index is 870. The molecular formula is C20H19Cl2F4NO. The first-order chi connectivity index (χ1) is 13.0. The zero-order valence-electron chi connectivity index (χ0n) is 15.3. The van der Waals surface area contributed by atoms with E-state index >= 15 is 0 Å². The highest BCUT2D eigenvalue weighted by Gasteiger charge is 2.36. The maximum atomic E-state index is 13.4. The van der Waals surface area contributed by atoms with Gasteiger partial charge >= 0.3 is 6.18 Å². The van der Waals surface area contributed by atoms with Crippen molar-refractivity contribution >= 4 is 29.1 Å². The molecule has 8 heteroatoms. The van der Waals surface area contributed by atoms with Crippen LogP contribution >= 0.6 is 23.2 Å². The van der Waals surface area contributed by atoms with Crippen LogP contribution in [0.25, 0.3) is 0 Å². The summed E-state index contributed by atoms with van der Waals surface area (Å²) in [6, 6.07) is 7.56. The Morgan fingerprint density at radius 3 is 2.32 bits per heavy atom. The van der Waals surface area contributed by atoms with E-state index in [0.717, 1.165) is 6.07 Å². The van der Waals surface area contributed by atoms with E-state index in [1.807, 2.05) is 6.92 Å². The van der Waals surface area contributed by atoms with Gasteiger partial charge in [0, 0.05) is 6.54 Å². The fourth-order valence-electron chi connectivity index (χ4n) is 3.01. The average molecular weight is 436 g/mol. The van der Waals surface area contributed by atoms with Crippen LogP contribution in [0.1, 0.15) is 43.4 Å². The van der Waals surface area contributed by atoms with Crippen molar-refractivity contribution in [1.29, 1.82) is 0 Å². The summed E-state index contributed by atoms with van der Waals surface area (Å²) in [6.07, 6.45) is -3.62. The number of rotatable bonds is 6. The summed E-state index contributed by atoms with van der Waals surface area (Å²) in [4.78, 5) is 12.9. The number of benzene rings is 2. The van der Waals surface area contributed by atoms with Gasteiger partial charge in [-0.1, -0.05) is 48.7 Å². The second kappa shape index (κ2) is 8.70. The molecule has 0 aromatic heterocycles. The molecular weight excluding hydrogens is 417 g/mol. The van der Waals surface area contributed by atoms with Gasteiger partial charge in [0.1, 0.15) is 5.82 Å². The second-order valence-electron chi connectivity index (χ2n) is 6.71. The standard InChI is InChI=1S/C20H19Cl2F4NO/c1-3-8-19(2,13-5-6-15(21)16(22)10-13)18(28)27-11-12-4-7-17(23)14(9-12)20(24,25)26/h4-7,9-10H,3,8,11H2,1-2H3,(H,27,28). The highest BCUT2D eigenvalue weighted by atomic mass is 35.5. The third-order valence-corrected chi connectivity index (χ3v) is 5.34. The monoisotopic (exact) mass is 435 g/mol. The van der Waals surface area contributed by atoms with Crippen LogP contribution in [-0.2, 0) is 22.9 Å². The maximum absolute atomic E-state index is 13.4. The largest absolute Gasteiger partial charge is 0.419 e. The van der Waals surface area contributed by atoms with Gasteiger partial charge in [-0.25, -0.2) is 4.39 Å². The molecule has 28 heavy (non-hydrogen) atoms. The van der Waals surface area contributed by atoms with Crippen molar-refractivity contribution in [2.45, 2.75) is 44.8 Å². The lowest BCUT2D eigenvalue weighted by Crippen LogP contribution is -2.42. The van der Waals surface area contributed by atoms with E-state index in [0.29, 0.717) is 34.5 Å². The van der Waals surface area contributed by atoms with Gasteiger partial charge in [0.15, 0.2) is 0 Å². The fourth-order valence-corrected chi connectivity index (χ4v) is 3.30. The van der Waals surface area contributed by atoms with E-state index in [1.165, 1.54) is 6.07 Å².